The first-order chi connectivity index (χ1) is 14.1. The first-order valence-corrected chi connectivity index (χ1v) is 10.3. The molecule has 0 aliphatic carbocycles. The number of thiazole rings is 1. The predicted molar refractivity (Wildman–Crippen MR) is 113 cm³/mol. The first-order valence-electron chi connectivity index (χ1n) is 9.12. The first kappa shape index (κ1) is 20.0. The molecule has 2 atom stereocenters. The van der Waals surface area contributed by atoms with Crippen molar-refractivity contribution in [2.24, 2.45) is 0 Å². The molecule has 152 valence electrons. The van der Waals surface area contributed by atoms with Crippen LogP contribution in [0.25, 0.3) is 10.3 Å². The van der Waals surface area contributed by atoms with Gasteiger partial charge in [-0.25, -0.2) is 14.4 Å². The van der Waals surface area contributed by atoms with E-state index in [1.807, 2.05) is 4.90 Å². The summed E-state index contributed by atoms with van der Waals surface area (Å²) in [4.78, 5) is 23.9. The number of aliphatic hydroxyl groups excluding tert-OH is 1. The van der Waals surface area contributed by atoms with E-state index in [4.69, 9.17) is 16.7 Å². The van der Waals surface area contributed by atoms with Crippen LogP contribution in [-0.4, -0.2) is 51.6 Å². The third-order valence-corrected chi connectivity index (χ3v) is 5.70. The van der Waals surface area contributed by atoms with Crippen LogP contribution in [0.5, 0.6) is 0 Å². The van der Waals surface area contributed by atoms with E-state index in [0.29, 0.717) is 57.1 Å². The molecule has 0 saturated carbocycles. The van der Waals surface area contributed by atoms with Crippen LogP contribution in [-0.2, 0) is 11.5 Å². The Labute approximate surface area is 175 Å². The Morgan fingerprint density at radius 2 is 2.21 bits per heavy atom. The summed E-state index contributed by atoms with van der Waals surface area (Å²) in [5.74, 6) is 0.447. The predicted octanol–water partition coefficient (Wildman–Crippen LogP) is 3.56. The summed E-state index contributed by atoms with van der Waals surface area (Å²) < 4.78 is 13.2. The van der Waals surface area contributed by atoms with E-state index in [-0.39, 0.29) is 18.6 Å². The van der Waals surface area contributed by atoms with Crippen molar-refractivity contribution in [1.29, 1.82) is 0 Å². The molecule has 0 spiro atoms. The summed E-state index contributed by atoms with van der Waals surface area (Å²) >= 11 is 7.20. The van der Waals surface area contributed by atoms with E-state index in [0.717, 1.165) is 0 Å². The number of aliphatic hydroxyl groups is 1. The largest absolute Gasteiger partial charge is 0.396 e. The normalized spacial score (nSPS) is 18.0. The number of carbonyl (C=O) groups excluding carboxylic acids is 1. The van der Waals surface area contributed by atoms with Crippen LogP contribution in [0.3, 0.4) is 0 Å². The molecule has 3 N–H and O–H groups in total. The Hall–Kier alpha value is -2.33. The molecule has 10 heteroatoms. The van der Waals surface area contributed by atoms with E-state index >= 15 is 0 Å². The van der Waals surface area contributed by atoms with Crippen LogP contribution in [0.4, 0.5) is 21.0 Å². The standard InChI is InChI=1S/C19H19ClFN5O2S/c20-12-2-3-13(11(8-12)9-21)22-16-5-4-14-18(24-16)29-19(23-14)25-17(28)15-10-26(15)6-1-7-27/h2-5,8,15,27H,1,6-7,9-10H2,(H,22,24)(H,23,25,28). The lowest BCUT2D eigenvalue weighted by atomic mass is 10.2. The molecule has 1 aliphatic rings. The number of hydrogen-bond donors (Lipinski definition) is 3. The molecule has 29 heavy (non-hydrogen) atoms. The molecule has 3 heterocycles. The second-order valence-electron chi connectivity index (χ2n) is 6.68. The molecule has 1 aromatic carbocycles. The van der Waals surface area contributed by atoms with Gasteiger partial charge in [0.05, 0.1) is 0 Å². The van der Waals surface area contributed by atoms with Gasteiger partial charge in [-0.2, -0.15) is 0 Å². The molecule has 1 fully saturated rings. The van der Waals surface area contributed by atoms with Crippen molar-refractivity contribution in [1.82, 2.24) is 14.9 Å². The van der Waals surface area contributed by atoms with Gasteiger partial charge in [0.1, 0.15) is 28.9 Å². The maximum absolute atomic E-state index is 13.2. The highest BCUT2D eigenvalue weighted by atomic mass is 35.5. The third-order valence-electron chi connectivity index (χ3n) is 4.58. The monoisotopic (exact) mass is 435 g/mol. The summed E-state index contributed by atoms with van der Waals surface area (Å²) in [7, 11) is 0. The molecule has 1 amide bonds. The Morgan fingerprint density at radius 1 is 1.34 bits per heavy atom. The smallest absolute Gasteiger partial charge is 0.244 e. The van der Waals surface area contributed by atoms with Crippen LogP contribution < -0.4 is 10.6 Å². The summed E-state index contributed by atoms with van der Waals surface area (Å²) in [6.07, 6.45) is 0.655. The molecule has 7 nitrogen and oxygen atoms in total. The van der Waals surface area contributed by atoms with Crippen molar-refractivity contribution in [3.63, 3.8) is 0 Å². The van der Waals surface area contributed by atoms with Gasteiger partial charge in [0.2, 0.25) is 5.91 Å². The van der Waals surface area contributed by atoms with Gasteiger partial charge in [-0.15, -0.1) is 0 Å². The van der Waals surface area contributed by atoms with Gasteiger partial charge in [0.25, 0.3) is 0 Å². The lowest BCUT2D eigenvalue weighted by Gasteiger charge is -2.09. The van der Waals surface area contributed by atoms with Gasteiger partial charge in [-0.3, -0.25) is 9.69 Å². The number of nitrogens with zero attached hydrogens (tertiary/aromatic N) is 3. The van der Waals surface area contributed by atoms with Crippen LogP contribution in [0, 0.1) is 0 Å². The Kier molecular flexibility index (Phi) is 5.91. The number of anilines is 3. The highest BCUT2D eigenvalue weighted by molar-refractivity contribution is 7.22. The number of benzene rings is 1. The zero-order chi connectivity index (χ0) is 20.4. The molecule has 0 radical (unpaired) electrons. The topological polar surface area (TPSA) is 90.2 Å². The van der Waals surface area contributed by atoms with E-state index in [2.05, 4.69) is 20.6 Å². The molecule has 2 unspecified atom stereocenters. The third kappa shape index (κ3) is 4.64. The lowest BCUT2D eigenvalue weighted by molar-refractivity contribution is -0.116. The number of hydrogen-bond acceptors (Lipinski definition) is 7. The highest BCUT2D eigenvalue weighted by Crippen LogP contribution is 2.29. The maximum atomic E-state index is 13.2. The molecule has 4 rings (SSSR count). The molecule has 0 bridgehead atoms. The van der Waals surface area contributed by atoms with E-state index in [1.165, 1.54) is 11.3 Å². The van der Waals surface area contributed by atoms with E-state index in [9.17, 15) is 9.18 Å². The minimum Gasteiger partial charge on any atom is -0.396 e. The average Bonchev–Trinajstić information content (AvgIpc) is 3.39. The number of pyridine rings is 1. The molecular formula is C19H19ClFN5O2S. The van der Waals surface area contributed by atoms with Gasteiger partial charge in [-0.1, -0.05) is 22.9 Å². The number of nitrogens with one attached hydrogen (secondary N) is 2. The molecule has 1 saturated heterocycles. The Bertz CT molecular complexity index is 1050. The summed E-state index contributed by atoms with van der Waals surface area (Å²) in [5, 5.41) is 15.8. The van der Waals surface area contributed by atoms with Gasteiger partial charge in [0.15, 0.2) is 5.13 Å². The van der Waals surface area contributed by atoms with Crippen molar-refractivity contribution < 1.29 is 14.3 Å². The molecule has 1 aliphatic heterocycles. The van der Waals surface area contributed by atoms with Crippen molar-refractivity contribution in [2.75, 3.05) is 30.3 Å². The van der Waals surface area contributed by atoms with Gasteiger partial charge in [-0.05, 0) is 36.8 Å². The quantitative estimate of drug-likeness (QED) is 0.469. The fourth-order valence-corrected chi connectivity index (χ4v) is 4.04. The summed E-state index contributed by atoms with van der Waals surface area (Å²) in [6.45, 7) is 0.879. The number of carbonyl (C=O) groups is 1. The van der Waals surface area contributed by atoms with Gasteiger partial charge < -0.3 is 15.7 Å². The maximum Gasteiger partial charge on any atom is 0.244 e. The van der Waals surface area contributed by atoms with E-state index in [1.54, 1.807) is 30.3 Å². The van der Waals surface area contributed by atoms with Crippen LogP contribution >= 0.6 is 22.9 Å². The second kappa shape index (κ2) is 8.58. The molecule has 2 aromatic heterocycles. The van der Waals surface area contributed by atoms with Crippen molar-refractivity contribution in [2.45, 2.75) is 19.1 Å². The van der Waals surface area contributed by atoms with Crippen molar-refractivity contribution >= 4 is 55.8 Å². The fourth-order valence-electron chi connectivity index (χ4n) is 3.01. The van der Waals surface area contributed by atoms with Crippen LogP contribution in [0.1, 0.15) is 12.0 Å². The number of alkyl halides is 1. The van der Waals surface area contributed by atoms with Crippen molar-refractivity contribution in [3.05, 3.63) is 40.9 Å². The zero-order valence-corrected chi connectivity index (χ0v) is 16.9. The summed E-state index contributed by atoms with van der Waals surface area (Å²) in [5.41, 5.74) is 1.72. The molecule has 3 aromatic rings. The summed E-state index contributed by atoms with van der Waals surface area (Å²) in [6, 6.07) is 8.35. The number of rotatable bonds is 8. The Morgan fingerprint density at radius 3 is 3.00 bits per heavy atom. The van der Waals surface area contributed by atoms with Crippen molar-refractivity contribution in [3.8, 4) is 0 Å². The Balaban J connectivity index is 1.45. The number of amides is 1. The van der Waals surface area contributed by atoms with Crippen LogP contribution in [0.15, 0.2) is 30.3 Å². The number of fused-ring (bicyclic) bond motifs is 1. The van der Waals surface area contributed by atoms with Gasteiger partial charge >= 0.3 is 0 Å². The number of halogens is 2. The van der Waals surface area contributed by atoms with Crippen LogP contribution in [0.2, 0.25) is 5.02 Å². The number of aromatic nitrogens is 2. The van der Waals surface area contributed by atoms with Gasteiger partial charge in [0, 0.05) is 36.0 Å². The fraction of sp³-hybridized carbons (Fsp3) is 0.316. The SMILES string of the molecule is O=C(Nc1nc2ccc(Nc3ccc(Cl)cc3CF)nc2s1)C1CN1CCCO. The minimum absolute atomic E-state index is 0.103. The lowest BCUT2D eigenvalue weighted by Crippen LogP contribution is -2.22. The van der Waals surface area contributed by atoms with E-state index < -0.39 is 6.67 Å². The average molecular weight is 436 g/mol. The highest BCUT2D eigenvalue weighted by Gasteiger charge is 2.39. The minimum atomic E-state index is -0.641. The zero-order valence-electron chi connectivity index (χ0n) is 15.4. The molecular weight excluding hydrogens is 417 g/mol. The second-order valence-corrected chi connectivity index (χ2v) is 8.09.